The van der Waals surface area contributed by atoms with E-state index >= 15 is 0 Å². The number of aryl methyl sites for hydroxylation is 1. The molecule has 2 aromatic rings. The Balaban J connectivity index is 1.45. The van der Waals surface area contributed by atoms with Crippen LogP contribution in [0, 0.1) is 5.92 Å². The number of hydrogen-bond donors (Lipinski definition) is 3. The number of aromatic nitrogens is 2. The van der Waals surface area contributed by atoms with Crippen molar-refractivity contribution >= 4 is 16.9 Å². The van der Waals surface area contributed by atoms with Gasteiger partial charge in [-0.15, -0.1) is 0 Å². The minimum Gasteiger partial charge on any atom is -0.393 e. The van der Waals surface area contributed by atoms with Gasteiger partial charge in [-0.1, -0.05) is 12.1 Å². The minimum atomic E-state index is -0.178. The number of H-pyrrole nitrogens is 1. The number of rotatable bonds is 5. The summed E-state index contributed by atoms with van der Waals surface area (Å²) in [7, 11) is 0. The van der Waals surface area contributed by atoms with Crippen LogP contribution in [0.5, 0.6) is 0 Å². The number of fused-ring (bicyclic) bond motifs is 1. The first kappa shape index (κ1) is 14.1. The standard InChI is InChI=1S/C16H21N3O2/c20-12-6-5-11(9-12)10-17-16(21)8-7-15-18-13-3-1-2-4-14(13)19-15/h1-4,11-12,20H,5-10H2,(H,17,21)(H,18,19). The number of aromatic amines is 1. The largest absolute Gasteiger partial charge is 0.393 e. The summed E-state index contributed by atoms with van der Waals surface area (Å²) < 4.78 is 0. The van der Waals surface area contributed by atoms with Gasteiger partial charge in [-0.3, -0.25) is 4.79 Å². The molecule has 0 saturated heterocycles. The van der Waals surface area contributed by atoms with Crippen molar-refractivity contribution in [1.29, 1.82) is 0 Å². The molecule has 5 heteroatoms. The molecule has 3 N–H and O–H groups in total. The zero-order valence-electron chi connectivity index (χ0n) is 12.0. The number of carbonyl (C=O) groups is 1. The third-order valence-corrected chi connectivity index (χ3v) is 4.13. The highest BCUT2D eigenvalue weighted by Gasteiger charge is 2.22. The zero-order valence-corrected chi connectivity index (χ0v) is 12.0. The Hall–Kier alpha value is -1.88. The number of benzene rings is 1. The smallest absolute Gasteiger partial charge is 0.220 e. The maximum absolute atomic E-state index is 11.9. The van der Waals surface area contributed by atoms with Crippen LogP contribution in [0.1, 0.15) is 31.5 Å². The van der Waals surface area contributed by atoms with E-state index in [-0.39, 0.29) is 12.0 Å². The molecule has 1 saturated carbocycles. The molecule has 1 aromatic heterocycles. The Bertz CT molecular complexity index is 590. The predicted octanol–water partition coefficient (Wildman–Crippen LogP) is 1.77. The Labute approximate surface area is 123 Å². The van der Waals surface area contributed by atoms with Crippen LogP contribution < -0.4 is 5.32 Å². The molecule has 112 valence electrons. The van der Waals surface area contributed by atoms with Crippen molar-refractivity contribution in [3.63, 3.8) is 0 Å². The van der Waals surface area contributed by atoms with Gasteiger partial charge >= 0.3 is 0 Å². The number of aliphatic hydroxyl groups excluding tert-OH is 1. The van der Waals surface area contributed by atoms with Crippen molar-refractivity contribution in [2.24, 2.45) is 5.92 Å². The molecule has 2 unspecified atom stereocenters. The van der Waals surface area contributed by atoms with E-state index in [2.05, 4.69) is 15.3 Å². The SMILES string of the molecule is O=C(CCc1nc2ccccc2[nH]1)NCC1CCC(O)C1. The average molecular weight is 287 g/mol. The number of para-hydroxylation sites is 2. The fourth-order valence-corrected chi connectivity index (χ4v) is 2.94. The van der Waals surface area contributed by atoms with Gasteiger partial charge in [-0.2, -0.15) is 0 Å². The molecule has 1 aliphatic carbocycles. The molecule has 1 aliphatic rings. The van der Waals surface area contributed by atoms with E-state index in [9.17, 15) is 9.90 Å². The monoisotopic (exact) mass is 287 g/mol. The number of aliphatic hydroxyl groups is 1. The van der Waals surface area contributed by atoms with E-state index < -0.39 is 0 Å². The second-order valence-electron chi connectivity index (χ2n) is 5.84. The molecule has 2 atom stereocenters. The first-order valence-corrected chi connectivity index (χ1v) is 7.59. The number of carbonyl (C=O) groups excluding carboxylic acids is 1. The van der Waals surface area contributed by atoms with Gasteiger partial charge in [0.25, 0.3) is 0 Å². The summed E-state index contributed by atoms with van der Waals surface area (Å²) in [6.45, 7) is 0.677. The van der Waals surface area contributed by atoms with Crippen molar-refractivity contribution in [2.75, 3.05) is 6.54 Å². The third-order valence-electron chi connectivity index (χ3n) is 4.13. The molecule has 0 bridgehead atoms. The van der Waals surface area contributed by atoms with Gasteiger partial charge in [0.1, 0.15) is 5.82 Å². The van der Waals surface area contributed by atoms with E-state index in [1.165, 1.54) is 0 Å². The van der Waals surface area contributed by atoms with Gasteiger partial charge in [0, 0.05) is 19.4 Å². The number of imidazole rings is 1. The summed E-state index contributed by atoms with van der Waals surface area (Å²) in [5.74, 6) is 1.33. The number of hydrogen-bond acceptors (Lipinski definition) is 3. The van der Waals surface area contributed by atoms with Crippen LogP contribution in [0.15, 0.2) is 24.3 Å². The molecule has 3 rings (SSSR count). The number of nitrogens with zero attached hydrogens (tertiary/aromatic N) is 1. The van der Waals surface area contributed by atoms with Gasteiger partial charge in [0.15, 0.2) is 0 Å². The molecule has 0 radical (unpaired) electrons. The van der Waals surface area contributed by atoms with Gasteiger partial charge < -0.3 is 15.4 Å². The van der Waals surface area contributed by atoms with Crippen molar-refractivity contribution in [2.45, 2.75) is 38.2 Å². The fraction of sp³-hybridized carbons (Fsp3) is 0.500. The quantitative estimate of drug-likeness (QED) is 0.784. The molecule has 21 heavy (non-hydrogen) atoms. The van der Waals surface area contributed by atoms with Crippen molar-refractivity contribution in [3.05, 3.63) is 30.1 Å². The van der Waals surface area contributed by atoms with Crippen molar-refractivity contribution in [3.8, 4) is 0 Å². The molecule has 0 aliphatic heterocycles. The Kier molecular flexibility index (Phi) is 4.20. The van der Waals surface area contributed by atoms with Crippen molar-refractivity contribution in [1.82, 2.24) is 15.3 Å². The lowest BCUT2D eigenvalue weighted by atomic mass is 10.1. The Morgan fingerprint density at radius 1 is 1.38 bits per heavy atom. The number of nitrogens with one attached hydrogen (secondary N) is 2. The van der Waals surface area contributed by atoms with Crippen LogP contribution in [0.4, 0.5) is 0 Å². The van der Waals surface area contributed by atoms with E-state index in [0.29, 0.717) is 25.3 Å². The number of amides is 1. The highest BCUT2D eigenvalue weighted by molar-refractivity contribution is 5.77. The summed E-state index contributed by atoms with van der Waals surface area (Å²) in [5, 5.41) is 12.4. The predicted molar refractivity (Wildman–Crippen MR) is 80.8 cm³/mol. The summed E-state index contributed by atoms with van der Waals surface area (Å²) in [6, 6.07) is 7.86. The topological polar surface area (TPSA) is 78.0 Å². The second kappa shape index (κ2) is 6.26. The van der Waals surface area contributed by atoms with E-state index in [0.717, 1.165) is 36.1 Å². The first-order chi connectivity index (χ1) is 10.2. The van der Waals surface area contributed by atoms with Gasteiger partial charge in [-0.25, -0.2) is 4.98 Å². The maximum Gasteiger partial charge on any atom is 0.220 e. The molecule has 1 amide bonds. The zero-order chi connectivity index (χ0) is 14.7. The lowest BCUT2D eigenvalue weighted by Crippen LogP contribution is -2.28. The normalized spacial score (nSPS) is 21.8. The minimum absolute atomic E-state index is 0.0526. The molecule has 5 nitrogen and oxygen atoms in total. The molecule has 1 aromatic carbocycles. The maximum atomic E-state index is 11.9. The Morgan fingerprint density at radius 3 is 3.00 bits per heavy atom. The molecule has 1 fully saturated rings. The second-order valence-corrected chi connectivity index (χ2v) is 5.84. The lowest BCUT2D eigenvalue weighted by Gasteiger charge is -2.10. The summed E-state index contributed by atoms with van der Waals surface area (Å²) in [6.07, 6.45) is 3.56. The van der Waals surface area contributed by atoms with Gasteiger partial charge in [0.05, 0.1) is 17.1 Å². The molecular formula is C16H21N3O2. The first-order valence-electron chi connectivity index (χ1n) is 7.59. The van der Waals surface area contributed by atoms with Gasteiger partial charge in [0.2, 0.25) is 5.91 Å². The summed E-state index contributed by atoms with van der Waals surface area (Å²) in [4.78, 5) is 19.5. The van der Waals surface area contributed by atoms with Crippen molar-refractivity contribution < 1.29 is 9.90 Å². The molecular weight excluding hydrogens is 266 g/mol. The molecule has 1 heterocycles. The van der Waals surface area contributed by atoms with Crippen LogP contribution in [-0.4, -0.2) is 33.6 Å². The molecule has 0 spiro atoms. The van der Waals surface area contributed by atoms with E-state index in [1.54, 1.807) is 0 Å². The summed E-state index contributed by atoms with van der Waals surface area (Å²) >= 11 is 0. The summed E-state index contributed by atoms with van der Waals surface area (Å²) in [5.41, 5.74) is 1.95. The van der Waals surface area contributed by atoms with Crippen LogP contribution in [0.3, 0.4) is 0 Å². The van der Waals surface area contributed by atoms with E-state index in [1.807, 2.05) is 24.3 Å². The highest BCUT2D eigenvalue weighted by atomic mass is 16.3. The fourth-order valence-electron chi connectivity index (χ4n) is 2.94. The highest BCUT2D eigenvalue weighted by Crippen LogP contribution is 2.24. The third kappa shape index (κ3) is 3.61. The van der Waals surface area contributed by atoms with Crippen LogP contribution in [0.25, 0.3) is 11.0 Å². The van der Waals surface area contributed by atoms with Crippen LogP contribution in [0.2, 0.25) is 0 Å². The average Bonchev–Trinajstić information content (AvgIpc) is 3.08. The van der Waals surface area contributed by atoms with Crippen LogP contribution >= 0.6 is 0 Å². The van der Waals surface area contributed by atoms with Crippen LogP contribution in [-0.2, 0) is 11.2 Å². The lowest BCUT2D eigenvalue weighted by molar-refractivity contribution is -0.121. The van der Waals surface area contributed by atoms with Gasteiger partial charge in [-0.05, 0) is 37.3 Å². The van der Waals surface area contributed by atoms with E-state index in [4.69, 9.17) is 0 Å². The Morgan fingerprint density at radius 2 is 2.24 bits per heavy atom.